The van der Waals surface area contributed by atoms with E-state index in [0.717, 1.165) is 55.8 Å². The molecule has 0 amide bonds. The first-order valence-corrected chi connectivity index (χ1v) is 7.51. The van der Waals surface area contributed by atoms with E-state index in [9.17, 15) is 0 Å². The van der Waals surface area contributed by atoms with E-state index >= 15 is 0 Å². The van der Waals surface area contributed by atoms with Crippen LogP contribution in [0.5, 0.6) is 0 Å². The zero-order valence-electron chi connectivity index (χ0n) is 10.9. The first kappa shape index (κ1) is 13.4. The van der Waals surface area contributed by atoms with Gasteiger partial charge in [0, 0.05) is 23.1 Å². The number of hydrogen-bond donors (Lipinski definition) is 1. The van der Waals surface area contributed by atoms with Crippen LogP contribution in [0.25, 0.3) is 0 Å². The zero-order valence-corrected chi connectivity index (χ0v) is 12.5. The minimum atomic E-state index is -0.356. The summed E-state index contributed by atoms with van der Waals surface area (Å²) in [5, 5.41) is 0. The predicted molar refractivity (Wildman–Crippen MR) is 77.7 cm³/mol. The number of halogens is 1. The Morgan fingerprint density at radius 2 is 2.11 bits per heavy atom. The number of nitrogen functional groups attached to an aromatic ring is 1. The van der Waals surface area contributed by atoms with Crippen LogP contribution in [-0.4, -0.2) is 37.0 Å². The highest BCUT2D eigenvalue weighted by molar-refractivity contribution is 9.10. The molecule has 2 saturated heterocycles. The third-order valence-corrected chi connectivity index (χ3v) is 4.78. The minimum absolute atomic E-state index is 0.356. The van der Waals surface area contributed by atoms with Gasteiger partial charge in [0.25, 0.3) is 0 Å². The van der Waals surface area contributed by atoms with Crippen molar-refractivity contribution >= 4 is 21.6 Å². The Morgan fingerprint density at radius 1 is 1.32 bits per heavy atom. The fourth-order valence-corrected chi connectivity index (χ4v) is 3.29. The fourth-order valence-electron chi connectivity index (χ4n) is 2.90. The molecule has 0 bridgehead atoms. The number of nitrogens with two attached hydrogens (primary N) is 1. The number of rotatable bonds is 2. The molecule has 1 aromatic rings. The van der Waals surface area contributed by atoms with Gasteiger partial charge in [0.2, 0.25) is 0 Å². The largest absolute Gasteiger partial charge is 0.398 e. The van der Waals surface area contributed by atoms with E-state index in [-0.39, 0.29) is 5.79 Å². The molecule has 1 spiro atoms. The molecule has 0 aromatic heterocycles. The lowest BCUT2D eigenvalue weighted by Crippen LogP contribution is -2.48. The Hall–Kier alpha value is -0.620. The summed E-state index contributed by atoms with van der Waals surface area (Å²) in [7, 11) is 0. The number of benzene rings is 1. The number of likely N-dealkylation sites (tertiary alicyclic amines) is 1. The molecule has 104 valence electrons. The van der Waals surface area contributed by atoms with Gasteiger partial charge in [-0.15, -0.1) is 0 Å². The highest BCUT2D eigenvalue weighted by atomic mass is 79.9. The van der Waals surface area contributed by atoms with Gasteiger partial charge in [0.05, 0.1) is 19.8 Å². The number of hydrogen-bond acceptors (Lipinski definition) is 4. The van der Waals surface area contributed by atoms with Gasteiger partial charge in [-0.05, 0) is 40.5 Å². The van der Waals surface area contributed by atoms with Crippen LogP contribution < -0.4 is 5.73 Å². The molecule has 2 aliphatic rings. The maximum atomic E-state index is 5.93. The van der Waals surface area contributed by atoms with Crippen molar-refractivity contribution in [1.29, 1.82) is 0 Å². The van der Waals surface area contributed by atoms with Crippen molar-refractivity contribution in [2.45, 2.75) is 25.2 Å². The average molecular weight is 327 g/mol. The summed E-state index contributed by atoms with van der Waals surface area (Å²) in [4.78, 5) is 2.38. The Bertz CT molecular complexity index is 461. The number of piperidine rings is 1. The van der Waals surface area contributed by atoms with E-state index in [4.69, 9.17) is 15.2 Å². The lowest BCUT2D eigenvalue weighted by atomic mass is 10.0. The molecule has 3 rings (SSSR count). The van der Waals surface area contributed by atoms with Crippen molar-refractivity contribution in [3.8, 4) is 0 Å². The van der Waals surface area contributed by atoms with Crippen LogP contribution in [0.4, 0.5) is 5.69 Å². The molecule has 0 unspecified atom stereocenters. The minimum Gasteiger partial charge on any atom is -0.398 e. The normalized spacial score (nSPS) is 23.0. The van der Waals surface area contributed by atoms with Gasteiger partial charge in [-0.1, -0.05) is 12.1 Å². The monoisotopic (exact) mass is 326 g/mol. The van der Waals surface area contributed by atoms with Gasteiger partial charge in [0.1, 0.15) is 0 Å². The smallest absolute Gasteiger partial charge is 0.181 e. The molecule has 2 aliphatic heterocycles. The van der Waals surface area contributed by atoms with Crippen molar-refractivity contribution in [3.05, 3.63) is 28.2 Å². The molecule has 5 heteroatoms. The van der Waals surface area contributed by atoms with Gasteiger partial charge >= 0.3 is 0 Å². The lowest BCUT2D eigenvalue weighted by molar-refractivity contribution is -0.190. The third-order valence-electron chi connectivity index (χ3n) is 3.81. The van der Waals surface area contributed by atoms with Crippen LogP contribution in [0.3, 0.4) is 0 Å². The molecule has 2 N–H and O–H groups in total. The fraction of sp³-hybridized carbons (Fsp3) is 0.571. The van der Waals surface area contributed by atoms with Gasteiger partial charge in [-0.2, -0.15) is 0 Å². The molecule has 0 aliphatic carbocycles. The standard InChI is InChI=1S/C14H19BrN2O2/c15-13-11(3-1-4-12(13)16)9-17-6-2-5-14(10-17)18-7-8-19-14/h1,3-4H,2,5-10,16H2. The van der Waals surface area contributed by atoms with Gasteiger partial charge in [0.15, 0.2) is 5.79 Å². The Labute approximate surface area is 122 Å². The zero-order chi connectivity index (χ0) is 13.3. The molecule has 19 heavy (non-hydrogen) atoms. The van der Waals surface area contributed by atoms with Crippen LogP contribution in [0.2, 0.25) is 0 Å². The highest BCUT2D eigenvalue weighted by Crippen LogP contribution is 2.32. The van der Waals surface area contributed by atoms with Crippen LogP contribution in [0, 0.1) is 0 Å². The molecular weight excluding hydrogens is 308 g/mol. The molecule has 2 heterocycles. The average Bonchev–Trinajstić information content (AvgIpc) is 2.83. The first-order valence-electron chi connectivity index (χ1n) is 6.72. The van der Waals surface area contributed by atoms with Crippen molar-refractivity contribution in [2.24, 2.45) is 0 Å². The van der Waals surface area contributed by atoms with Gasteiger partial charge < -0.3 is 15.2 Å². The second-order valence-corrected chi connectivity index (χ2v) is 6.04. The van der Waals surface area contributed by atoms with E-state index in [1.807, 2.05) is 12.1 Å². The SMILES string of the molecule is Nc1cccc(CN2CCCC3(C2)OCCO3)c1Br. The molecule has 4 nitrogen and oxygen atoms in total. The second-order valence-electron chi connectivity index (χ2n) is 5.24. The molecule has 0 atom stereocenters. The maximum absolute atomic E-state index is 5.93. The van der Waals surface area contributed by atoms with Crippen LogP contribution in [0.1, 0.15) is 18.4 Å². The summed E-state index contributed by atoms with van der Waals surface area (Å²) in [6, 6.07) is 6.02. The van der Waals surface area contributed by atoms with E-state index in [2.05, 4.69) is 26.9 Å². The van der Waals surface area contributed by atoms with Crippen LogP contribution in [-0.2, 0) is 16.0 Å². The first-order chi connectivity index (χ1) is 9.19. The number of nitrogens with zero attached hydrogens (tertiary/aromatic N) is 1. The van der Waals surface area contributed by atoms with E-state index < -0.39 is 0 Å². The Balaban J connectivity index is 1.71. The van der Waals surface area contributed by atoms with E-state index in [0.29, 0.717) is 0 Å². The molecule has 0 radical (unpaired) electrons. The number of anilines is 1. The second kappa shape index (κ2) is 5.40. The summed E-state index contributed by atoms with van der Waals surface area (Å²) in [5.74, 6) is -0.356. The summed E-state index contributed by atoms with van der Waals surface area (Å²) in [5.41, 5.74) is 7.93. The van der Waals surface area contributed by atoms with Gasteiger partial charge in [-0.3, -0.25) is 4.90 Å². The van der Waals surface area contributed by atoms with Gasteiger partial charge in [-0.25, -0.2) is 0 Å². The van der Waals surface area contributed by atoms with Crippen LogP contribution in [0.15, 0.2) is 22.7 Å². The lowest BCUT2D eigenvalue weighted by Gasteiger charge is -2.38. The summed E-state index contributed by atoms with van der Waals surface area (Å²) < 4.78 is 12.6. The van der Waals surface area contributed by atoms with Crippen molar-refractivity contribution < 1.29 is 9.47 Å². The highest BCUT2D eigenvalue weighted by Gasteiger charge is 2.40. The Kier molecular flexibility index (Phi) is 3.80. The molecule has 2 fully saturated rings. The molecular formula is C14H19BrN2O2. The topological polar surface area (TPSA) is 47.7 Å². The quantitative estimate of drug-likeness (QED) is 0.847. The van der Waals surface area contributed by atoms with Crippen molar-refractivity contribution in [3.63, 3.8) is 0 Å². The summed E-state index contributed by atoms with van der Waals surface area (Å²) in [6.07, 6.45) is 2.11. The summed E-state index contributed by atoms with van der Waals surface area (Å²) >= 11 is 3.57. The third kappa shape index (κ3) is 2.79. The van der Waals surface area contributed by atoms with Crippen molar-refractivity contribution in [1.82, 2.24) is 4.90 Å². The summed E-state index contributed by atoms with van der Waals surface area (Å²) in [6.45, 7) is 4.23. The predicted octanol–water partition coefficient (Wildman–Crippen LogP) is 2.37. The maximum Gasteiger partial charge on any atom is 0.181 e. The van der Waals surface area contributed by atoms with E-state index in [1.165, 1.54) is 5.56 Å². The van der Waals surface area contributed by atoms with Crippen molar-refractivity contribution in [2.75, 3.05) is 32.0 Å². The molecule has 1 aromatic carbocycles. The Morgan fingerprint density at radius 3 is 2.89 bits per heavy atom. The number of ether oxygens (including phenoxy) is 2. The molecule has 0 saturated carbocycles. The van der Waals surface area contributed by atoms with E-state index in [1.54, 1.807) is 0 Å². The van der Waals surface area contributed by atoms with Crippen LogP contribution >= 0.6 is 15.9 Å².